The van der Waals surface area contributed by atoms with Gasteiger partial charge in [-0.1, -0.05) is 13.8 Å². The number of nitrogens with zero attached hydrogens (tertiary/aromatic N) is 4. The second kappa shape index (κ2) is 9.84. The average Bonchev–Trinajstić information content (AvgIpc) is 3.49. The third-order valence-corrected chi connectivity index (χ3v) is 7.20. The Morgan fingerprint density at radius 3 is 2.56 bits per heavy atom. The summed E-state index contributed by atoms with van der Waals surface area (Å²) in [6.45, 7) is 7.93. The summed E-state index contributed by atoms with van der Waals surface area (Å²) in [5, 5.41) is 18.9. The van der Waals surface area contributed by atoms with Crippen molar-refractivity contribution in [1.29, 1.82) is 0 Å². The maximum Gasteiger partial charge on any atom is 0.272 e. The van der Waals surface area contributed by atoms with Crippen LogP contribution in [-0.2, 0) is 4.74 Å². The van der Waals surface area contributed by atoms with Crippen LogP contribution in [0.3, 0.4) is 0 Å². The standard InChI is InChI=1S/C25H35N7O2/c1-15(2)21-22(17-12-16(3)24-26-14-27-32(24)13-17)30-31-23(21)25(33)29-19-6-4-18(5-7-19)28-20-8-10-34-11-9-20/h12-15,18-20,28H,4-11H2,1-3H3,(H,29,33)(H,30,31)/t18-,19-. The normalized spacial score (nSPS) is 21.9. The van der Waals surface area contributed by atoms with Gasteiger partial charge in [0.2, 0.25) is 0 Å². The van der Waals surface area contributed by atoms with Crippen LogP contribution in [0.2, 0.25) is 0 Å². The Bertz CT molecular complexity index is 1140. The summed E-state index contributed by atoms with van der Waals surface area (Å²) in [6.07, 6.45) is 9.83. The van der Waals surface area contributed by atoms with E-state index in [0.29, 0.717) is 17.8 Å². The zero-order chi connectivity index (χ0) is 23.7. The van der Waals surface area contributed by atoms with Gasteiger partial charge in [0.25, 0.3) is 5.91 Å². The van der Waals surface area contributed by atoms with Gasteiger partial charge in [0, 0.05) is 48.7 Å². The van der Waals surface area contributed by atoms with E-state index in [1.54, 1.807) is 10.8 Å². The quantitative estimate of drug-likeness (QED) is 0.515. The minimum atomic E-state index is -0.0920. The SMILES string of the molecule is Cc1cc(-c2[nH]nc(C(=O)N[C@H]3CC[C@H](NC4CCOCC4)CC3)c2C(C)C)cn2ncnc12. The lowest BCUT2D eigenvalue weighted by Crippen LogP contribution is -2.46. The van der Waals surface area contributed by atoms with Crippen LogP contribution in [0, 0.1) is 6.92 Å². The Labute approximate surface area is 200 Å². The molecular weight excluding hydrogens is 430 g/mol. The number of aromatic amines is 1. The first-order valence-electron chi connectivity index (χ1n) is 12.5. The monoisotopic (exact) mass is 465 g/mol. The molecule has 9 nitrogen and oxygen atoms in total. The number of aryl methyl sites for hydroxylation is 1. The largest absolute Gasteiger partial charge is 0.381 e. The first-order valence-corrected chi connectivity index (χ1v) is 12.5. The van der Waals surface area contributed by atoms with Crippen LogP contribution in [0.5, 0.6) is 0 Å². The molecule has 1 aliphatic heterocycles. The zero-order valence-corrected chi connectivity index (χ0v) is 20.3. The molecule has 2 fully saturated rings. The van der Waals surface area contributed by atoms with Crippen molar-refractivity contribution in [2.45, 2.75) is 83.3 Å². The number of carbonyl (C=O) groups is 1. The highest BCUT2D eigenvalue weighted by atomic mass is 16.5. The second-order valence-corrected chi connectivity index (χ2v) is 10.0. The summed E-state index contributed by atoms with van der Waals surface area (Å²) in [7, 11) is 0. The fourth-order valence-corrected chi connectivity index (χ4v) is 5.39. The molecule has 0 unspecified atom stereocenters. The maximum absolute atomic E-state index is 13.3. The minimum Gasteiger partial charge on any atom is -0.381 e. The van der Waals surface area contributed by atoms with E-state index in [0.717, 1.165) is 79.8 Å². The maximum atomic E-state index is 13.3. The lowest BCUT2D eigenvalue weighted by Gasteiger charge is -2.33. The molecule has 0 aromatic carbocycles. The van der Waals surface area contributed by atoms with Crippen LogP contribution < -0.4 is 10.6 Å². The molecule has 34 heavy (non-hydrogen) atoms. The van der Waals surface area contributed by atoms with Crippen molar-refractivity contribution in [3.05, 3.63) is 35.4 Å². The smallest absolute Gasteiger partial charge is 0.272 e. The van der Waals surface area contributed by atoms with Crippen molar-refractivity contribution < 1.29 is 9.53 Å². The predicted octanol–water partition coefficient (Wildman–Crippen LogP) is 3.36. The number of ether oxygens (including phenoxy) is 1. The number of rotatable bonds is 6. The van der Waals surface area contributed by atoms with Crippen LogP contribution in [0.25, 0.3) is 16.9 Å². The van der Waals surface area contributed by atoms with Gasteiger partial charge >= 0.3 is 0 Å². The number of hydrogen-bond donors (Lipinski definition) is 3. The molecule has 1 saturated heterocycles. The van der Waals surface area contributed by atoms with E-state index < -0.39 is 0 Å². The van der Waals surface area contributed by atoms with Crippen molar-refractivity contribution in [3.63, 3.8) is 0 Å². The number of carbonyl (C=O) groups excluding carboxylic acids is 1. The van der Waals surface area contributed by atoms with Gasteiger partial charge < -0.3 is 15.4 Å². The molecule has 0 bridgehead atoms. The van der Waals surface area contributed by atoms with Crippen molar-refractivity contribution in [1.82, 2.24) is 35.4 Å². The van der Waals surface area contributed by atoms with Gasteiger partial charge in [-0.15, -0.1) is 0 Å². The Balaban J connectivity index is 1.26. The number of pyridine rings is 1. The van der Waals surface area contributed by atoms with Crippen molar-refractivity contribution in [2.75, 3.05) is 13.2 Å². The zero-order valence-electron chi connectivity index (χ0n) is 20.3. The van der Waals surface area contributed by atoms with E-state index in [2.05, 4.69) is 50.8 Å². The molecule has 3 aromatic rings. The van der Waals surface area contributed by atoms with Gasteiger partial charge in [-0.2, -0.15) is 10.2 Å². The molecular formula is C25H35N7O2. The van der Waals surface area contributed by atoms with E-state index in [9.17, 15) is 4.79 Å². The number of hydrogen-bond acceptors (Lipinski definition) is 6. The molecule has 0 atom stereocenters. The van der Waals surface area contributed by atoms with Gasteiger partial charge in [0.05, 0.1) is 5.69 Å². The molecule has 9 heteroatoms. The molecule has 1 aliphatic carbocycles. The van der Waals surface area contributed by atoms with Crippen LogP contribution in [0.15, 0.2) is 18.6 Å². The molecule has 1 saturated carbocycles. The Kier molecular flexibility index (Phi) is 6.65. The van der Waals surface area contributed by atoms with Crippen molar-refractivity contribution in [3.8, 4) is 11.3 Å². The van der Waals surface area contributed by atoms with E-state index >= 15 is 0 Å². The number of fused-ring (bicyclic) bond motifs is 1. The summed E-state index contributed by atoms with van der Waals surface area (Å²) in [6, 6.07) is 3.36. The number of amides is 1. The van der Waals surface area contributed by atoms with Crippen LogP contribution >= 0.6 is 0 Å². The molecule has 5 rings (SSSR count). The summed E-state index contributed by atoms with van der Waals surface area (Å²) >= 11 is 0. The summed E-state index contributed by atoms with van der Waals surface area (Å²) < 4.78 is 7.23. The van der Waals surface area contributed by atoms with Crippen molar-refractivity contribution >= 4 is 11.6 Å². The topological polar surface area (TPSA) is 109 Å². The number of aromatic nitrogens is 5. The lowest BCUT2D eigenvalue weighted by atomic mass is 9.89. The first kappa shape index (κ1) is 23.0. The molecule has 1 amide bonds. The van der Waals surface area contributed by atoms with Gasteiger partial charge in [0.1, 0.15) is 6.33 Å². The third-order valence-electron chi connectivity index (χ3n) is 7.20. The fourth-order valence-electron chi connectivity index (χ4n) is 5.39. The van der Waals surface area contributed by atoms with Gasteiger partial charge in [-0.05, 0) is 63.0 Å². The Morgan fingerprint density at radius 2 is 1.82 bits per heavy atom. The Morgan fingerprint density at radius 1 is 1.12 bits per heavy atom. The van der Waals surface area contributed by atoms with E-state index in [4.69, 9.17) is 4.74 Å². The van der Waals surface area contributed by atoms with E-state index in [-0.39, 0.29) is 17.9 Å². The highest BCUT2D eigenvalue weighted by Crippen LogP contribution is 2.31. The second-order valence-electron chi connectivity index (χ2n) is 10.0. The van der Waals surface area contributed by atoms with E-state index in [1.165, 1.54) is 0 Å². The van der Waals surface area contributed by atoms with Crippen LogP contribution in [-0.4, -0.2) is 62.0 Å². The fraction of sp³-hybridized carbons (Fsp3) is 0.600. The molecule has 0 spiro atoms. The molecule has 3 aromatic heterocycles. The minimum absolute atomic E-state index is 0.0920. The highest BCUT2D eigenvalue weighted by Gasteiger charge is 2.28. The van der Waals surface area contributed by atoms with Crippen LogP contribution in [0.1, 0.15) is 79.9 Å². The van der Waals surface area contributed by atoms with Gasteiger partial charge in [-0.25, -0.2) is 9.50 Å². The Hall–Kier alpha value is -2.78. The molecule has 0 radical (unpaired) electrons. The van der Waals surface area contributed by atoms with Gasteiger partial charge in [0.15, 0.2) is 11.3 Å². The molecule has 3 N–H and O–H groups in total. The third kappa shape index (κ3) is 4.72. The summed E-state index contributed by atoms with van der Waals surface area (Å²) in [5.74, 6) is 0.0475. The summed E-state index contributed by atoms with van der Waals surface area (Å²) in [5.41, 5.74) is 5.09. The molecule has 182 valence electrons. The predicted molar refractivity (Wildman–Crippen MR) is 130 cm³/mol. The van der Waals surface area contributed by atoms with Crippen molar-refractivity contribution in [2.24, 2.45) is 0 Å². The highest BCUT2D eigenvalue weighted by molar-refractivity contribution is 5.96. The number of nitrogens with one attached hydrogen (secondary N) is 3. The first-order chi connectivity index (χ1) is 16.5. The lowest BCUT2D eigenvalue weighted by molar-refractivity contribution is 0.0721. The summed E-state index contributed by atoms with van der Waals surface area (Å²) in [4.78, 5) is 17.6. The van der Waals surface area contributed by atoms with Gasteiger partial charge in [-0.3, -0.25) is 9.89 Å². The molecule has 4 heterocycles. The average molecular weight is 466 g/mol. The molecule has 2 aliphatic rings. The van der Waals surface area contributed by atoms with Crippen LogP contribution in [0.4, 0.5) is 0 Å². The van der Waals surface area contributed by atoms with E-state index in [1.807, 2.05) is 13.1 Å². The number of H-pyrrole nitrogens is 1.